The third kappa shape index (κ3) is 2.94. The van der Waals surface area contributed by atoms with Crippen LogP contribution in [-0.2, 0) is 6.54 Å². The first-order valence-electron chi connectivity index (χ1n) is 8.12. The minimum atomic E-state index is 0.991. The van der Waals surface area contributed by atoms with Gasteiger partial charge in [0.1, 0.15) is 0 Å². The van der Waals surface area contributed by atoms with Gasteiger partial charge in [0.2, 0.25) is 0 Å². The maximum atomic E-state index is 4.54. The summed E-state index contributed by atoms with van der Waals surface area (Å²) in [5.74, 6) is 0. The van der Waals surface area contributed by atoms with Crippen LogP contribution in [0.15, 0.2) is 42.7 Å². The Hall–Kier alpha value is -1.65. The molecule has 4 rings (SSSR count). The van der Waals surface area contributed by atoms with Gasteiger partial charge in [-0.15, -0.1) is 11.3 Å². The van der Waals surface area contributed by atoms with E-state index in [1.807, 2.05) is 17.5 Å². The molecule has 0 radical (unpaired) electrons. The lowest BCUT2D eigenvalue weighted by atomic mass is 10.1. The fourth-order valence-electron chi connectivity index (χ4n) is 3.16. The smallest absolute Gasteiger partial charge is 0.0576 e. The number of nitrogens with zero attached hydrogens (tertiary/aromatic N) is 3. The molecule has 0 N–H and O–H groups in total. The monoisotopic (exact) mass is 311 g/mol. The van der Waals surface area contributed by atoms with Gasteiger partial charge in [-0.05, 0) is 43.5 Å². The first kappa shape index (κ1) is 14.0. The third-order valence-corrected chi connectivity index (χ3v) is 5.60. The molecule has 0 atom stereocenters. The van der Waals surface area contributed by atoms with E-state index in [4.69, 9.17) is 0 Å². The summed E-state index contributed by atoms with van der Waals surface area (Å²) in [4.78, 5) is 3.87. The predicted octanol–water partition coefficient (Wildman–Crippen LogP) is 4.25. The van der Waals surface area contributed by atoms with Gasteiger partial charge in [0.05, 0.1) is 12.7 Å². The molecule has 1 aliphatic rings. The Morgan fingerprint density at radius 1 is 1.05 bits per heavy atom. The zero-order chi connectivity index (χ0) is 14.8. The van der Waals surface area contributed by atoms with Crippen LogP contribution in [0.2, 0.25) is 0 Å². The normalized spacial score (nSPS) is 16.4. The van der Waals surface area contributed by atoms with Crippen molar-refractivity contribution in [3.05, 3.63) is 42.7 Å². The highest BCUT2D eigenvalue weighted by Gasteiger charge is 2.11. The summed E-state index contributed by atoms with van der Waals surface area (Å²) in [7, 11) is 0. The molecule has 3 nitrogen and oxygen atoms in total. The van der Waals surface area contributed by atoms with Crippen LogP contribution in [-0.4, -0.2) is 34.3 Å². The molecular formula is C18H21N3S. The first-order chi connectivity index (χ1) is 10.9. The summed E-state index contributed by atoms with van der Waals surface area (Å²) in [6.45, 7) is 4.62. The van der Waals surface area contributed by atoms with Crippen molar-refractivity contribution in [1.82, 2.24) is 14.7 Å². The van der Waals surface area contributed by atoms with Crippen LogP contribution in [0.4, 0.5) is 0 Å². The molecule has 3 aromatic rings. The van der Waals surface area contributed by atoms with Gasteiger partial charge in [0.25, 0.3) is 0 Å². The van der Waals surface area contributed by atoms with E-state index in [0.29, 0.717) is 0 Å². The molecule has 1 fully saturated rings. The SMILES string of the molecule is c1ccc2sc(-c3cnn(CCN4CCCCC4)c3)cc2c1. The molecule has 0 unspecified atom stereocenters. The van der Waals surface area contributed by atoms with Crippen LogP contribution in [0.25, 0.3) is 20.5 Å². The maximum absolute atomic E-state index is 4.54. The van der Waals surface area contributed by atoms with Gasteiger partial charge in [-0.2, -0.15) is 5.10 Å². The topological polar surface area (TPSA) is 21.1 Å². The zero-order valence-corrected chi connectivity index (χ0v) is 13.6. The molecule has 22 heavy (non-hydrogen) atoms. The molecule has 3 heterocycles. The van der Waals surface area contributed by atoms with E-state index in [-0.39, 0.29) is 0 Å². The molecule has 4 heteroatoms. The highest BCUT2D eigenvalue weighted by Crippen LogP contribution is 2.32. The molecule has 2 aromatic heterocycles. The summed E-state index contributed by atoms with van der Waals surface area (Å²) in [6.07, 6.45) is 8.29. The van der Waals surface area contributed by atoms with Gasteiger partial charge in [0.15, 0.2) is 0 Å². The fourth-order valence-corrected chi connectivity index (χ4v) is 4.20. The van der Waals surface area contributed by atoms with Crippen LogP contribution in [0.1, 0.15) is 19.3 Å². The summed E-state index contributed by atoms with van der Waals surface area (Å²) in [5, 5.41) is 5.87. The first-order valence-corrected chi connectivity index (χ1v) is 8.94. The summed E-state index contributed by atoms with van der Waals surface area (Å²) < 4.78 is 3.44. The molecule has 1 saturated heterocycles. The average Bonchev–Trinajstić information content (AvgIpc) is 3.20. The summed E-state index contributed by atoms with van der Waals surface area (Å²) >= 11 is 1.85. The number of fused-ring (bicyclic) bond motifs is 1. The maximum Gasteiger partial charge on any atom is 0.0576 e. The molecule has 0 bridgehead atoms. The van der Waals surface area contributed by atoms with Crippen molar-refractivity contribution in [2.75, 3.05) is 19.6 Å². The van der Waals surface area contributed by atoms with Crippen LogP contribution in [0.3, 0.4) is 0 Å². The zero-order valence-electron chi connectivity index (χ0n) is 12.7. The van der Waals surface area contributed by atoms with Crippen molar-refractivity contribution < 1.29 is 0 Å². The molecule has 0 saturated carbocycles. The van der Waals surface area contributed by atoms with Gasteiger partial charge in [-0.1, -0.05) is 24.6 Å². The van der Waals surface area contributed by atoms with E-state index in [1.54, 1.807) is 0 Å². The Kier molecular flexibility index (Phi) is 3.95. The molecule has 114 valence electrons. The number of aromatic nitrogens is 2. The van der Waals surface area contributed by atoms with E-state index >= 15 is 0 Å². The van der Waals surface area contributed by atoms with E-state index in [0.717, 1.165) is 13.1 Å². The number of hydrogen-bond acceptors (Lipinski definition) is 3. The highest BCUT2D eigenvalue weighted by atomic mass is 32.1. The Bertz CT molecular complexity index is 719. The largest absolute Gasteiger partial charge is 0.301 e. The van der Waals surface area contributed by atoms with Crippen molar-refractivity contribution in [3.8, 4) is 10.4 Å². The van der Waals surface area contributed by atoms with Crippen molar-refractivity contribution in [2.45, 2.75) is 25.8 Å². The Labute approximate surface area is 135 Å². The van der Waals surface area contributed by atoms with E-state index in [2.05, 4.69) is 51.2 Å². The lowest BCUT2D eigenvalue weighted by Crippen LogP contribution is -2.32. The Morgan fingerprint density at radius 3 is 2.77 bits per heavy atom. The van der Waals surface area contributed by atoms with E-state index < -0.39 is 0 Å². The summed E-state index contributed by atoms with van der Waals surface area (Å²) in [6, 6.07) is 10.8. The molecule has 0 aliphatic carbocycles. The molecule has 0 amide bonds. The lowest BCUT2D eigenvalue weighted by Gasteiger charge is -2.26. The van der Waals surface area contributed by atoms with Crippen molar-refractivity contribution in [2.24, 2.45) is 0 Å². The number of likely N-dealkylation sites (tertiary alicyclic amines) is 1. The summed E-state index contributed by atoms with van der Waals surface area (Å²) in [5.41, 5.74) is 1.24. The van der Waals surface area contributed by atoms with Gasteiger partial charge in [0, 0.05) is 27.9 Å². The standard InChI is InChI=1S/C18H21N3S/c1-4-8-20(9-5-1)10-11-21-14-16(13-19-21)18-12-15-6-2-3-7-17(15)22-18/h2-3,6-7,12-14H,1,4-5,8-11H2. The van der Waals surface area contributed by atoms with Gasteiger partial charge in [-0.3, -0.25) is 4.68 Å². The minimum absolute atomic E-state index is 0.991. The van der Waals surface area contributed by atoms with Gasteiger partial charge >= 0.3 is 0 Å². The molecule has 0 spiro atoms. The van der Waals surface area contributed by atoms with Crippen molar-refractivity contribution in [1.29, 1.82) is 0 Å². The highest BCUT2D eigenvalue weighted by molar-refractivity contribution is 7.22. The van der Waals surface area contributed by atoms with Crippen LogP contribution in [0.5, 0.6) is 0 Å². The second-order valence-electron chi connectivity index (χ2n) is 6.04. The number of benzene rings is 1. The van der Waals surface area contributed by atoms with Gasteiger partial charge < -0.3 is 4.90 Å². The second kappa shape index (κ2) is 6.23. The predicted molar refractivity (Wildman–Crippen MR) is 93.3 cm³/mol. The minimum Gasteiger partial charge on any atom is -0.301 e. The second-order valence-corrected chi connectivity index (χ2v) is 7.13. The number of rotatable bonds is 4. The molecule has 1 aromatic carbocycles. The lowest BCUT2D eigenvalue weighted by molar-refractivity contribution is 0.218. The van der Waals surface area contributed by atoms with Crippen LogP contribution < -0.4 is 0 Å². The van der Waals surface area contributed by atoms with Crippen molar-refractivity contribution >= 4 is 21.4 Å². The number of hydrogen-bond donors (Lipinski definition) is 0. The number of piperidine rings is 1. The molecular weight excluding hydrogens is 290 g/mol. The Balaban J connectivity index is 1.46. The van der Waals surface area contributed by atoms with Crippen LogP contribution >= 0.6 is 11.3 Å². The van der Waals surface area contributed by atoms with Crippen molar-refractivity contribution in [3.63, 3.8) is 0 Å². The van der Waals surface area contributed by atoms with E-state index in [1.165, 1.54) is 52.9 Å². The van der Waals surface area contributed by atoms with E-state index in [9.17, 15) is 0 Å². The van der Waals surface area contributed by atoms with Crippen LogP contribution in [0, 0.1) is 0 Å². The third-order valence-electron chi connectivity index (χ3n) is 4.44. The Morgan fingerprint density at radius 2 is 1.91 bits per heavy atom. The fraction of sp³-hybridized carbons (Fsp3) is 0.389. The quantitative estimate of drug-likeness (QED) is 0.718. The average molecular weight is 311 g/mol. The number of thiophene rings is 1. The molecule has 1 aliphatic heterocycles. The van der Waals surface area contributed by atoms with Gasteiger partial charge in [-0.25, -0.2) is 0 Å².